The van der Waals surface area contributed by atoms with Gasteiger partial charge in [0.1, 0.15) is 5.75 Å². The van der Waals surface area contributed by atoms with E-state index < -0.39 is 11.6 Å². The summed E-state index contributed by atoms with van der Waals surface area (Å²) in [5, 5.41) is 9.89. The van der Waals surface area contributed by atoms with Gasteiger partial charge in [-0.1, -0.05) is 35.3 Å². The number of allylic oxidation sites excluding steroid dienone is 1. The number of Topliss-reactive ketones (excluding diaryl/α,β-unsaturated/α-hetero) is 2. The SMILES string of the molecule is O=C1C(=Cc2cccc(O)c2)C(=O)c2cc(Cl)c(Cl)cc21. The summed E-state index contributed by atoms with van der Waals surface area (Å²) in [6, 6.07) is 9.11. The minimum absolute atomic E-state index is 0.0360. The van der Waals surface area contributed by atoms with E-state index in [1.807, 2.05) is 0 Å². The lowest BCUT2D eigenvalue weighted by Crippen LogP contribution is -2.00. The highest BCUT2D eigenvalue weighted by molar-refractivity contribution is 6.46. The normalized spacial score (nSPS) is 13.5. The molecular weight excluding hydrogens is 311 g/mol. The number of phenolic OH excluding ortho intramolecular Hbond substituents is 1. The van der Waals surface area contributed by atoms with Crippen molar-refractivity contribution in [1.82, 2.24) is 0 Å². The van der Waals surface area contributed by atoms with Gasteiger partial charge in [-0.05, 0) is 35.9 Å². The molecule has 2 aromatic carbocycles. The Bertz CT molecular complexity index is 779. The predicted octanol–water partition coefficient (Wildman–Crippen LogP) is 4.16. The van der Waals surface area contributed by atoms with E-state index in [1.165, 1.54) is 30.3 Å². The van der Waals surface area contributed by atoms with Crippen molar-refractivity contribution < 1.29 is 14.7 Å². The number of hydrogen-bond donors (Lipinski definition) is 1. The average molecular weight is 319 g/mol. The fraction of sp³-hybridized carbons (Fsp3) is 0. The van der Waals surface area contributed by atoms with Crippen LogP contribution < -0.4 is 0 Å². The van der Waals surface area contributed by atoms with E-state index in [0.717, 1.165) is 0 Å². The number of fused-ring (bicyclic) bond motifs is 1. The van der Waals surface area contributed by atoms with E-state index in [-0.39, 0.29) is 32.5 Å². The molecule has 0 radical (unpaired) electrons. The van der Waals surface area contributed by atoms with E-state index in [1.54, 1.807) is 12.1 Å². The maximum Gasteiger partial charge on any atom is 0.197 e. The van der Waals surface area contributed by atoms with Gasteiger partial charge < -0.3 is 5.11 Å². The first-order valence-electron chi connectivity index (χ1n) is 6.06. The number of aromatic hydroxyl groups is 1. The maximum absolute atomic E-state index is 12.3. The molecule has 1 N–H and O–H groups in total. The number of rotatable bonds is 1. The minimum atomic E-state index is -0.392. The van der Waals surface area contributed by atoms with Gasteiger partial charge in [-0.25, -0.2) is 0 Å². The smallest absolute Gasteiger partial charge is 0.197 e. The van der Waals surface area contributed by atoms with Crippen molar-refractivity contribution in [1.29, 1.82) is 0 Å². The van der Waals surface area contributed by atoms with Crippen LogP contribution >= 0.6 is 23.2 Å². The molecule has 3 rings (SSSR count). The van der Waals surface area contributed by atoms with Gasteiger partial charge in [-0.3, -0.25) is 9.59 Å². The Balaban J connectivity index is 2.12. The van der Waals surface area contributed by atoms with E-state index >= 15 is 0 Å². The Morgan fingerprint density at radius 3 is 2.00 bits per heavy atom. The maximum atomic E-state index is 12.3. The largest absolute Gasteiger partial charge is 0.508 e. The minimum Gasteiger partial charge on any atom is -0.508 e. The molecule has 0 amide bonds. The number of benzene rings is 2. The van der Waals surface area contributed by atoms with Gasteiger partial charge in [0.25, 0.3) is 0 Å². The third-order valence-electron chi connectivity index (χ3n) is 3.22. The summed E-state index contributed by atoms with van der Waals surface area (Å²) < 4.78 is 0. The number of carbonyl (C=O) groups is 2. The van der Waals surface area contributed by atoms with Crippen LogP contribution in [-0.2, 0) is 0 Å². The molecular formula is C16H8Cl2O3. The van der Waals surface area contributed by atoms with Gasteiger partial charge in [0.15, 0.2) is 11.6 Å². The first-order valence-corrected chi connectivity index (χ1v) is 6.82. The number of hydrogen-bond acceptors (Lipinski definition) is 3. The Kier molecular flexibility index (Phi) is 3.32. The summed E-state index contributed by atoms with van der Waals surface area (Å²) >= 11 is 11.8. The van der Waals surface area contributed by atoms with Crippen LogP contribution in [0.5, 0.6) is 5.75 Å². The quantitative estimate of drug-likeness (QED) is 0.634. The van der Waals surface area contributed by atoms with Gasteiger partial charge in [0, 0.05) is 11.1 Å². The Labute approximate surface area is 130 Å². The van der Waals surface area contributed by atoms with Crippen LogP contribution in [0.15, 0.2) is 42.0 Å². The summed E-state index contributed by atoms with van der Waals surface area (Å²) in [7, 11) is 0. The van der Waals surface area contributed by atoms with Crippen LogP contribution in [0.4, 0.5) is 0 Å². The Morgan fingerprint density at radius 2 is 1.48 bits per heavy atom. The lowest BCUT2D eigenvalue weighted by molar-refractivity contribution is 0.0990. The molecule has 3 nitrogen and oxygen atoms in total. The molecule has 0 atom stereocenters. The molecule has 0 saturated carbocycles. The summed E-state index contributed by atoms with van der Waals surface area (Å²) in [6.45, 7) is 0. The van der Waals surface area contributed by atoms with Crippen molar-refractivity contribution in [2.75, 3.05) is 0 Å². The number of ketones is 2. The first-order chi connectivity index (χ1) is 9.97. The topological polar surface area (TPSA) is 54.4 Å². The van der Waals surface area contributed by atoms with Gasteiger partial charge in [0.05, 0.1) is 15.6 Å². The monoisotopic (exact) mass is 318 g/mol. The average Bonchev–Trinajstić information content (AvgIpc) is 2.65. The molecule has 0 spiro atoms. The molecule has 2 aromatic rings. The molecule has 5 heteroatoms. The third-order valence-corrected chi connectivity index (χ3v) is 3.94. The molecule has 0 saturated heterocycles. The summed E-state index contributed by atoms with van der Waals surface area (Å²) in [5.41, 5.74) is 1.10. The van der Waals surface area contributed by atoms with Gasteiger partial charge >= 0.3 is 0 Å². The Morgan fingerprint density at radius 1 is 0.905 bits per heavy atom. The lowest BCUT2D eigenvalue weighted by atomic mass is 10.1. The van der Waals surface area contributed by atoms with Crippen LogP contribution in [0.3, 0.4) is 0 Å². The van der Waals surface area contributed by atoms with Crippen LogP contribution in [-0.4, -0.2) is 16.7 Å². The van der Waals surface area contributed by atoms with Gasteiger partial charge in [0.2, 0.25) is 0 Å². The third kappa shape index (κ3) is 2.35. The summed E-state index contributed by atoms with van der Waals surface area (Å²) in [5.74, 6) is -0.723. The van der Waals surface area contributed by atoms with Crippen LogP contribution in [0.25, 0.3) is 6.08 Å². The van der Waals surface area contributed by atoms with Crippen molar-refractivity contribution in [3.8, 4) is 5.75 Å². The second-order valence-electron chi connectivity index (χ2n) is 4.62. The molecule has 0 fully saturated rings. The van der Waals surface area contributed by atoms with Crippen molar-refractivity contribution in [2.45, 2.75) is 0 Å². The van der Waals surface area contributed by atoms with Crippen molar-refractivity contribution >= 4 is 40.8 Å². The van der Waals surface area contributed by atoms with E-state index in [4.69, 9.17) is 23.2 Å². The first kappa shape index (κ1) is 13.9. The highest BCUT2D eigenvalue weighted by atomic mass is 35.5. The van der Waals surface area contributed by atoms with Gasteiger partial charge in [-0.15, -0.1) is 0 Å². The highest BCUT2D eigenvalue weighted by Gasteiger charge is 2.33. The van der Waals surface area contributed by atoms with Crippen molar-refractivity contribution in [2.24, 2.45) is 0 Å². The molecule has 104 valence electrons. The molecule has 0 aromatic heterocycles. The summed E-state index contributed by atoms with van der Waals surface area (Å²) in [6.07, 6.45) is 1.45. The lowest BCUT2D eigenvalue weighted by Gasteiger charge is -1.98. The predicted molar refractivity (Wildman–Crippen MR) is 81.2 cm³/mol. The number of halogens is 2. The standard InChI is InChI=1S/C16H8Cl2O3/c17-13-6-10-11(7-14(13)18)16(21)12(15(10)20)5-8-2-1-3-9(19)4-8/h1-7,19H. The number of phenols is 1. The molecule has 1 aliphatic rings. The molecule has 0 bridgehead atoms. The van der Waals surface area contributed by atoms with Crippen LogP contribution in [0.1, 0.15) is 26.3 Å². The van der Waals surface area contributed by atoms with Crippen molar-refractivity contribution in [3.05, 3.63) is 68.7 Å². The summed E-state index contributed by atoms with van der Waals surface area (Å²) in [4.78, 5) is 24.6. The molecule has 21 heavy (non-hydrogen) atoms. The molecule has 0 aliphatic heterocycles. The van der Waals surface area contributed by atoms with Crippen LogP contribution in [0, 0.1) is 0 Å². The van der Waals surface area contributed by atoms with E-state index in [2.05, 4.69) is 0 Å². The Hall–Kier alpha value is -2.10. The number of carbonyl (C=O) groups excluding carboxylic acids is 2. The van der Waals surface area contributed by atoms with Crippen molar-refractivity contribution in [3.63, 3.8) is 0 Å². The second kappa shape index (κ2) is 5.02. The fourth-order valence-corrected chi connectivity index (χ4v) is 2.56. The molecule has 0 heterocycles. The van der Waals surface area contributed by atoms with E-state index in [9.17, 15) is 14.7 Å². The zero-order chi connectivity index (χ0) is 15.1. The van der Waals surface area contributed by atoms with Gasteiger partial charge in [-0.2, -0.15) is 0 Å². The van der Waals surface area contributed by atoms with E-state index in [0.29, 0.717) is 5.56 Å². The fourth-order valence-electron chi connectivity index (χ4n) is 2.23. The molecule has 1 aliphatic carbocycles. The van der Waals surface area contributed by atoms with Crippen LogP contribution in [0.2, 0.25) is 10.0 Å². The molecule has 0 unspecified atom stereocenters. The zero-order valence-electron chi connectivity index (χ0n) is 10.6. The zero-order valence-corrected chi connectivity index (χ0v) is 12.1. The second-order valence-corrected chi connectivity index (χ2v) is 5.44. The highest BCUT2D eigenvalue weighted by Crippen LogP contribution is 2.34.